The van der Waals surface area contributed by atoms with E-state index in [-0.39, 0.29) is 5.92 Å². The van der Waals surface area contributed by atoms with Gasteiger partial charge >= 0.3 is 5.97 Å². The number of nitrogens with one attached hydrogen (secondary N) is 1. The molecule has 0 saturated heterocycles. The van der Waals surface area contributed by atoms with Crippen LogP contribution in [0.3, 0.4) is 0 Å². The zero-order valence-corrected chi connectivity index (χ0v) is 12.4. The Morgan fingerprint density at radius 2 is 2.40 bits per heavy atom. The maximum atomic E-state index is 11.0. The minimum Gasteiger partial charge on any atom is -0.481 e. The summed E-state index contributed by atoms with van der Waals surface area (Å²) in [6.45, 7) is 5.03. The molecule has 0 bridgehead atoms. The van der Waals surface area contributed by atoms with Crippen LogP contribution in [0.4, 0.5) is 0 Å². The van der Waals surface area contributed by atoms with Crippen molar-refractivity contribution in [2.24, 2.45) is 5.92 Å². The molecule has 1 aromatic rings. The van der Waals surface area contributed by atoms with E-state index in [2.05, 4.69) is 24.3 Å². The first-order valence-corrected chi connectivity index (χ1v) is 7.60. The largest absolute Gasteiger partial charge is 0.481 e. The summed E-state index contributed by atoms with van der Waals surface area (Å²) in [6.07, 6.45) is 6.70. The lowest BCUT2D eigenvalue weighted by Gasteiger charge is -2.27. The molecule has 0 spiro atoms. The van der Waals surface area contributed by atoms with Gasteiger partial charge in [-0.3, -0.25) is 9.48 Å². The molecule has 0 amide bonds. The van der Waals surface area contributed by atoms with Crippen LogP contribution in [-0.2, 0) is 11.3 Å². The van der Waals surface area contributed by atoms with Gasteiger partial charge in [-0.15, -0.1) is 0 Å². The average molecular weight is 279 g/mol. The zero-order chi connectivity index (χ0) is 14.5. The standard InChI is InChI=1S/C15H25N3O2/c1-3-11(2)18-8-7-14(17-18)10-16-13-6-4-5-12(9-13)15(19)20/h7-8,11-13,16H,3-6,9-10H2,1-2H3,(H,19,20). The lowest BCUT2D eigenvalue weighted by Crippen LogP contribution is -2.36. The van der Waals surface area contributed by atoms with Crippen molar-refractivity contribution in [3.8, 4) is 0 Å². The van der Waals surface area contributed by atoms with E-state index in [4.69, 9.17) is 5.11 Å². The highest BCUT2D eigenvalue weighted by atomic mass is 16.4. The third kappa shape index (κ3) is 3.82. The SMILES string of the molecule is CCC(C)n1ccc(CNC2CCCC(C(=O)O)C2)n1. The number of carboxylic acid groups (broad SMARTS) is 1. The molecule has 5 nitrogen and oxygen atoms in total. The second kappa shape index (κ2) is 6.88. The molecule has 1 aliphatic rings. The Labute approximate surface area is 120 Å². The molecule has 3 atom stereocenters. The van der Waals surface area contributed by atoms with Gasteiger partial charge in [-0.1, -0.05) is 13.3 Å². The van der Waals surface area contributed by atoms with E-state index in [0.29, 0.717) is 12.1 Å². The van der Waals surface area contributed by atoms with Gasteiger partial charge in [-0.2, -0.15) is 5.10 Å². The van der Waals surface area contributed by atoms with Crippen LogP contribution in [0.1, 0.15) is 57.7 Å². The summed E-state index contributed by atoms with van der Waals surface area (Å²) in [5, 5.41) is 17.1. The van der Waals surface area contributed by atoms with Crippen LogP contribution in [0.5, 0.6) is 0 Å². The average Bonchev–Trinajstić information content (AvgIpc) is 2.93. The molecule has 20 heavy (non-hydrogen) atoms. The molecule has 2 rings (SSSR count). The molecule has 2 N–H and O–H groups in total. The van der Waals surface area contributed by atoms with Crippen LogP contribution in [0.2, 0.25) is 0 Å². The van der Waals surface area contributed by atoms with Gasteiger partial charge in [0.2, 0.25) is 0 Å². The first kappa shape index (κ1) is 15.0. The summed E-state index contributed by atoms with van der Waals surface area (Å²) in [6, 6.07) is 2.77. The summed E-state index contributed by atoms with van der Waals surface area (Å²) in [5.41, 5.74) is 1.03. The number of carbonyl (C=O) groups is 1. The number of aromatic nitrogens is 2. The van der Waals surface area contributed by atoms with E-state index >= 15 is 0 Å². The van der Waals surface area contributed by atoms with Gasteiger partial charge in [0.15, 0.2) is 0 Å². The Bertz CT molecular complexity index is 444. The van der Waals surface area contributed by atoms with E-state index < -0.39 is 5.97 Å². The summed E-state index contributed by atoms with van der Waals surface area (Å²) in [7, 11) is 0. The fourth-order valence-electron chi connectivity index (χ4n) is 2.75. The number of carboxylic acids is 1. The lowest BCUT2D eigenvalue weighted by molar-refractivity contribution is -0.143. The Hall–Kier alpha value is -1.36. The van der Waals surface area contributed by atoms with Gasteiger partial charge in [0.05, 0.1) is 11.6 Å². The molecule has 1 saturated carbocycles. The van der Waals surface area contributed by atoms with Crippen LogP contribution < -0.4 is 5.32 Å². The molecule has 0 aliphatic heterocycles. The highest BCUT2D eigenvalue weighted by Gasteiger charge is 2.26. The molecular formula is C15H25N3O2. The molecule has 1 aliphatic carbocycles. The monoisotopic (exact) mass is 279 g/mol. The van der Waals surface area contributed by atoms with Crippen LogP contribution in [-0.4, -0.2) is 26.9 Å². The van der Waals surface area contributed by atoms with Crippen molar-refractivity contribution in [1.29, 1.82) is 0 Å². The Morgan fingerprint density at radius 3 is 3.10 bits per heavy atom. The van der Waals surface area contributed by atoms with Crippen molar-refractivity contribution < 1.29 is 9.90 Å². The van der Waals surface area contributed by atoms with E-state index in [1.54, 1.807) is 0 Å². The van der Waals surface area contributed by atoms with Crippen molar-refractivity contribution >= 4 is 5.97 Å². The summed E-state index contributed by atoms with van der Waals surface area (Å²) < 4.78 is 2.00. The van der Waals surface area contributed by atoms with Crippen molar-refractivity contribution in [2.45, 2.75) is 64.6 Å². The Morgan fingerprint density at radius 1 is 1.60 bits per heavy atom. The van der Waals surface area contributed by atoms with Crippen molar-refractivity contribution in [2.75, 3.05) is 0 Å². The highest BCUT2D eigenvalue weighted by Crippen LogP contribution is 2.24. The van der Waals surface area contributed by atoms with Gasteiger partial charge in [-0.25, -0.2) is 0 Å². The van der Waals surface area contributed by atoms with Crippen LogP contribution >= 0.6 is 0 Å². The topological polar surface area (TPSA) is 67.2 Å². The molecule has 0 aromatic carbocycles. The molecule has 1 fully saturated rings. The Kier molecular flexibility index (Phi) is 5.17. The summed E-state index contributed by atoms with van der Waals surface area (Å²) in [5.74, 6) is -0.837. The number of rotatable bonds is 6. The minimum atomic E-state index is -0.655. The van der Waals surface area contributed by atoms with Gasteiger partial charge in [0, 0.05) is 24.8 Å². The summed E-state index contributed by atoms with van der Waals surface area (Å²) >= 11 is 0. The maximum Gasteiger partial charge on any atom is 0.306 e. The molecule has 0 radical (unpaired) electrons. The van der Waals surface area contributed by atoms with Crippen molar-refractivity contribution in [3.05, 3.63) is 18.0 Å². The third-order valence-electron chi connectivity index (χ3n) is 4.30. The Balaban J connectivity index is 1.82. The fraction of sp³-hybridized carbons (Fsp3) is 0.733. The minimum absolute atomic E-state index is 0.182. The van der Waals surface area contributed by atoms with Gasteiger partial charge in [-0.05, 0) is 38.7 Å². The second-order valence-electron chi connectivity index (χ2n) is 5.82. The zero-order valence-electron chi connectivity index (χ0n) is 12.4. The third-order valence-corrected chi connectivity index (χ3v) is 4.30. The van der Waals surface area contributed by atoms with Gasteiger partial charge in [0.25, 0.3) is 0 Å². The van der Waals surface area contributed by atoms with Crippen molar-refractivity contribution in [3.63, 3.8) is 0 Å². The summed E-state index contributed by atoms with van der Waals surface area (Å²) in [4.78, 5) is 11.0. The lowest BCUT2D eigenvalue weighted by atomic mass is 9.86. The normalized spacial score (nSPS) is 24.5. The van der Waals surface area contributed by atoms with Gasteiger partial charge in [0.1, 0.15) is 0 Å². The highest BCUT2D eigenvalue weighted by molar-refractivity contribution is 5.70. The van der Waals surface area contributed by atoms with Crippen LogP contribution in [0.15, 0.2) is 12.3 Å². The molecule has 1 aromatic heterocycles. The quantitative estimate of drug-likeness (QED) is 0.840. The number of hydrogen-bond acceptors (Lipinski definition) is 3. The van der Waals surface area contributed by atoms with Gasteiger partial charge < -0.3 is 10.4 Å². The van der Waals surface area contributed by atoms with E-state index in [0.717, 1.165) is 44.3 Å². The van der Waals surface area contributed by atoms with E-state index in [1.807, 2.05) is 16.9 Å². The van der Waals surface area contributed by atoms with E-state index in [9.17, 15) is 4.79 Å². The van der Waals surface area contributed by atoms with Crippen LogP contribution in [0.25, 0.3) is 0 Å². The van der Waals surface area contributed by atoms with Crippen molar-refractivity contribution in [1.82, 2.24) is 15.1 Å². The molecular weight excluding hydrogens is 254 g/mol. The number of aliphatic carboxylic acids is 1. The maximum absolute atomic E-state index is 11.0. The predicted molar refractivity (Wildman–Crippen MR) is 77.5 cm³/mol. The number of nitrogens with zero attached hydrogens (tertiary/aromatic N) is 2. The fourth-order valence-corrected chi connectivity index (χ4v) is 2.75. The first-order chi connectivity index (χ1) is 9.60. The first-order valence-electron chi connectivity index (χ1n) is 7.60. The molecule has 1 heterocycles. The molecule has 112 valence electrons. The van der Waals surface area contributed by atoms with Crippen LogP contribution in [0, 0.1) is 5.92 Å². The number of hydrogen-bond donors (Lipinski definition) is 2. The smallest absolute Gasteiger partial charge is 0.306 e. The van der Waals surface area contributed by atoms with E-state index in [1.165, 1.54) is 0 Å². The second-order valence-corrected chi connectivity index (χ2v) is 5.82. The molecule has 3 unspecified atom stereocenters. The predicted octanol–water partition coefficient (Wildman–Crippen LogP) is 2.59. The molecule has 5 heteroatoms.